The number of hydrogen-bond acceptors (Lipinski definition) is 3. The van der Waals surface area contributed by atoms with Gasteiger partial charge in [-0.25, -0.2) is 9.59 Å². The van der Waals surface area contributed by atoms with Gasteiger partial charge in [-0.05, 0) is 25.0 Å². The minimum absolute atomic E-state index is 0.0935. The van der Waals surface area contributed by atoms with Crippen molar-refractivity contribution in [3.05, 3.63) is 28.8 Å². The van der Waals surface area contributed by atoms with Gasteiger partial charge in [-0.15, -0.1) is 0 Å². The smallest absolute Gasteiger partial charge is 0.339 e. The molecule has 4 N–H and O–H groups in total. The molecule has 0 atom stereocenters. The molecule has 20 heavy (non-hydrogen) atoms. The number of urea groups is 1. The normalized spacial score (nSPS) is 16.0. The summed E-state index contributed by atoms with van der Waals surface area (Å²) in [6, 6.07) is 4.38. The minimum Gasteiger partial charge on any atom is -0.478 e. The Morgan fingerprint density at radius 2 is 2.00 bits per heavy atom. The van der Waals surface area contributed by atoms with Crippen LogP contribution in [0.1, 0.15) is 23.2 Å². The van der Waals surface area contributed by atoms with Crippen LogP contribution in [0.15, 0.2) is 18.2 Å². The van der Waals surface area contributed by atoms with Crippen LogP contribution in [0.5, 0.6) is 0 Å². The van der Waals surface area contributed by atoms with Gasteiger partial charge in [0.15, 0.2) is 0 Å². The Labute approximate surface area is 121 Å². The van der Waals surface area contributed by atoms with Crippen molar-refractivity contribution in [2.45, 2.75) is 18.9 Å². The molecule has 0 aliphatic carbocycles. The zero-order valence-electron chi connectivity index (χ0n) is 10.8. The fourth-order valence-electron chi connectivity index (χ4n) is 2.14. The first-order valence-corrected chi connectivity index (χ1v) is 6.70. The number of nitrogens with two attached hydrogens (primary N) is 1. The summed E-state index contributed by atoms with van der Waals surface area (Å²) >= 11 is 5.85. The minimum atomic E-state index is -1.17. The highest BCUT2D eigenvalue weighted by atomic mass is 35.5. The lowest BCUT2D eigenvalue weighted by molar-refractivity contribution is 0.0698. The van der Waals surface area contributed by atoms with Crippen LogP contribution in [-0.4, -0.2) is 41.1 Å². The quantitative estimate of drug-likeness (QED) is 0.778. The summed E-state index contributed by atoms with van der Waals surface area (Å²) in [4.78, 5) is 24.9. The zero-order valence-corrected chi connectivity index (χ0v) is 11.6. The van der Waals surface area contributed by atoms with Crippen LogP contribution in [0.4, 0.5) is 10.5 Å². The molecule has 1 aliphatic heterocycles. The van der Waals surface area contributed by atoms with Crippen LogP contribution in [0, 0.1) is 0 Å². The van der Waals surface area contributed by atoms with E-state index in [0.717, 1.165) is 12.8 Å². The zero-order chi connectivity index (χ0) is 14.7. The van der Waals surface area contributed by atoms with E-state index >= 15 is 0 Å². The average molecular weight is 298 g/mol. The lowest BCUT2D eigenvalue weighted by atomic mass is 10.1. The van der Waals surface area contributed by atoms with Crippen molar-refractivity contribution in [2.24, 2.45) is 5.73 Å². The molecule has 6 nitrogen and oxygen atoms in total. The van der Waals surface area contributed by atoms with Gasteiger partial charge in [0.25, 0.3) is 0 Å². The number of aromatic carboxylic acids is 1. The molecule has 108 valence electrons. The van der Waals surface area contributed by atoms with Crippen LogP contribution in [0.25, 0.3) is 0 Å². The number of benzene rings is 1. The van der Waals surface area contributed by atoms with Crippen molar-refractivity contribution in [3.63, 3.8) is 0 Å². The van der Waals surface area contributed by atoms with Crippen molar-refractivity contribution >= 4 is 29.3 Å². The second kappa shape index (κ2) is 6.11. The van der Waals surface area contributed by atoms with E-state index in [0.29, 0.717) is 13.1 Å². The first-order chi connectivity index (χ1) is 9.49. The molecular weight excluding hydrogens is 282 g/mol. The van der Waals surface area contributed by atoms with Crippen LogP contribution >= 0.6 is 11.6 Å². The first-order valence-electron chi connectivity index (χ1n) is 6.32. The third-order valence-electron chi connectivity index (χ3n) is 3.30. The predicted octanol–water partition coefficient (Wildman–Crippen LogP) is 1.99. The van der Waals surface area contributed by atoms with E-state index < -0.39 is 5.97 Å². The molecule has 1 fully saturated rings. The molecule has 2 rings (SSSR count). The van der Waals surface area contributed by atoms with Gasteiger partial charge in [0.05, 0.1) is 10.7 Å². The molecule has 0 radical (unpaired) electrons. The maximum absolute atomic E-state index is 12.1. The van der Waals surface area contributed by atoms with E-state index in [1.165, 1.54) is 12.1 Å². The number of hydrogen-bond donors (Lipinski definition) is 3. The van der Waals surface area contributed by atoms with Crippen LogP contribution in [0.2, 0.25) is 5.02 Å². The van der Waals surface area contributed by atoms with Gasteiger partial charge >= 0.3 is 12.0 Å². The third kappa shape index (κ3) is 3.20. The number of carbonyl (C=O) groups is 2. The van der Waals surface area contributed by atoms with E-state index in [2.05, 4.69) is 5.32 Å². The van der Waals surface area contributed by atoms with Crippen molar-refractivity contribution < 1.29 is 14.7 Å². The van der Waals surface area contributed by atoms with E-state index in [1.807, 2.05) is 0 Å². The maximum Gasteiger partial charge on any atom is 0.339 e. The van der Waals surface area contributed by atoms with Gasteiger partial charge in [-0.1, -0.05) is 17.7 Å². The standard InChI is InChI=1S/C13H16ClN3O3/c14-9-2-1-3-10(11(9)12(18)19)16-13(20)17-6-4-8(15)5-7-17/h1-3,8H,4-7,15H2,(H,16,20)(H,18,19). The van der Waals surface area contributed by atoms with Gasteiger partial charge in [-0.2, -0.15) is 0 Å². The summed E-state index contributed by atoms with van der Waals surface area (Å²) in [5, 5.41) is 11.8. The fraction of sp³-hybridized carbons (Fsp3) is 0.385. The highest BCUT2D eigenvalue weighted by Gasteiger charge is 2.22. The second-order valence-corrected chi connectivity index (χ2v) is 5.13. The first kappa shape index (κ1) is 14.6. The van der Waals surface area contributed by atoms with E-state index in [1.54, 1.807) is 11.0 Å². The molecular formula is C13H16ClN3O3. The largest absolute Gasteiger partial charge is 0.478 e. The summed E-state index contributed by atoms with van der Waals surface area (Å²) < 4.78 is 0. The molecule has 0 spiro atoms. The molecule has 0 saturated carbocycles. The van der Waals surface area contributed by atoms with E-state index in [9.17, 15) is 9.59 Å². The number of piperidine rings is 1. The Bertz CT molecular complexity index is 528. The van der Waals surface area contributed by atoms with Gasteiger partial charge in [0.2, 0.25) is 0 Å². The number of carboxylic acids is 1. The highest BCUT2D eigenvalue weighted by Crippen LogP contribution is 2.25. The van der Waals surface area contributed by atoms with Crippen molar-refractivity contribution in [3.8, 4) is 0 Å². The topological polar surface area (TPSA) is 95.7 Å². The Morgan fingerprint density at radius 1 is 1.35 bits per heavy atom. The Morgan fingerprint density at radius 3 is 2.60 bits per heavy atom. The molecule has 0 bridgehead atoms. The van der Waals surface area contributed by atoms with Crippen LogP contribution in [0.3, 0.4) is 0 Å². The number of likely N-dealkylation sites (tertiary alicyclic amines) is 1. The predicted molar refractivity (Wildman–Crippen MR) is 76.2 cm³/mol. The fourth-order valence-corrected chi connectivity index (χ4v) is 2.40. The SMILES string of the molecule is NC1CCN(C(=O)Nc2cccc(Cl)c2C(=O)O)CC1. The number of rotatable bonds is 2. The summed E-state index contributed by atoms with van der Waals surface area (Å²) in [6.45, 7) is 1.13. The molecule has 1 aliphatic rings. The van der Waals surface area contributed by atoms with Crippen molar-refractivity contribution in [2.75, 3.05) is 18.4 Å². The van der Waals surface area contributed by atoms with E-state index in [-0.39, 0.29) is 28.3 Å². The molecule has 1 aromatic rings. The number of nitrogens with one attached hydrogen (secondary N) is 1. The van der Waals surface area contributed by atoms with Crippen LogP contribution in [-0.2, 0) is 0 Å². The number of anilines is 1. The monoisotopic (exact) mass is 297 g/mol. The van der Waals surface area contributed by atoms with Gasteiger partial charge < -0.3 is 21.1 Å². The van der Waals surface area contributed by atoms with Gasteiger partial charge in [0, 0.05) is 19.1 Å². The average Bonchev–Trinajstić information content (AvgIpc) is 2.39. The lowest BCUT2D eigenvalue weighted by Gasteiger charge is -2.30. The number of carboxylic acid groups (broad SMARTS) is 1. The maximum atomic E-state index is 12.1. The number of halogens is 1. The third-order valence-corrected chi connectivity index (χ3v) is 3.61. The van der Waals surface area contributed by atoms with Crippen LogP contribution < -0.4 is 11.1 Å². The lowest BCUT2D eigenvalue weighted by Crippen LogP contribution is -2.44. The summed E-state index contributed by atoms with van der Waals surface area (Å²) in [5.41, 5.74) is 5.88. The molecule has 2 amide bonds. The summed E-state index contributed by atoms with van der Waals surface area (Å²) in [5.74, 6) is -1.17. The summed E-state index contributed by atoms with van der Waals surface area (Å²) in [7, 11) is 0. The van der Waals surface area contributed by atoms with E-state index in [4.69, 9.17) is 22.4 Å². The molecule has 1 heterocycles. The van der Waals surface area contributed by atoms with Gasteiger partial charge in [0.1, 0.15) is 5.56 Å². The highest BCUT2D eigenvalue weighted by molar-refractivity contribution is 6.34. The molecule has 7 heteroatoms. The molecule has 0 unspecified atom stereocenters. The summed E-state index contributed by atoms with van der Waals surface area (Å²) in [6.07, 6.45) is 1.49. The molecule has 1 saturated heterocycles. The Balaban J connectivity index is 2.12. The number of amides is 2. The second-order valence-electron chi connectivity index (χ2n) is 4.72. The Kier molecular flexibility index (Phi) is 4.46. The number of nitrogens with zero attached hydrogens (tertiary/aromatic N) is 1. The number of carbonyl (C=O) groups excluding carboxylic acids is 1. The molecule has 1 aromatic carbocycles. The molecule has 0 aromatic heterocycles. The van der Waals surface area contributed by atoms with Crippen molar-refractivity contribution in [1.29, 1.82) is 0 Å². The Hall–Kier alpha value is -1.79. The van der Waals surface area contributed by atoms with Gasteiger partial charge in [-0.3, -0.25) is 0 Å². The van der Waals surface area contributed by atoms with Crippen molar-refractivity contribution in [1.82, 2.24) is 4.90 Å².